The zero-order chi connectivity index (χ0) is 18.2. The Labute approximate surface area is 159 Å². The molecule has 5 rings (SSSR count). The van der Waals surface area contributed by atoms with Crippen molar-refractivity contribution in [2.45, 2.75) is 43.8 Å². The maximum Gasteiger partial charge on any atom is 0.155 e. The van der Waals surface area contributed by atoms with E-state index in [4.69, 9.17) is 19.6 Å². The molecule has 0 N–H and O–H groups in total. The van der Waals surface area contributed by atoms with Crippen LogP contribution in [-0.2, 0) is 11.2 Å². The minimum atomic E-state index is 0.278. The average molecular weight is 361 g/mol. The van der Waals surface area contributed by atoms with E-state index in [1.807, 2.05) is 41.1 Å². The van der Waals surface area contributed by atoms with Crippen LogP contribution in [-0.4, -0.2) is 34.1 Å². The van der Waals surface area contributed by atoms with E-state index in [9.17, 15) is 0 Å². The lowest BCUT2D eigenvalue weighted by molar-refractivity contribution is 0.0997. The Hall–Kier alpha value is -2.66. The summed E-state index contributed by atoms with van der Waals surface area (Å²) in [6.07, 6.45) is 4.66. The highest BCUT2D eigenvalue weighted by molar-refractivity contribution is 5.37. The van der Waals surface area contributed by atoms with Crippen molar-refractivity contribution < 1.29 is 9.47 Å². The molecular weight excluding hydrogens is 338 g/mol. The second kappa shape index (κ2) is 6.82. The van der Waals surface area contributed by atoms with E-state index >= 15 is 0 Å². The average Bonchev–Trinajstić information content (AvgIpc) is 3.44. The van der Waals surface area contributed by atoms with Crippen LogP contribution in [0.5, 0.6) is 5.75 Å². The van der Waals surface area contributed by atoms with Gasteiger partial charge in [0.1, 0.15) is 11.6 Å². The summed E-state index contributed by atoms with van der Waals surface area (Å²) < 4.78 is 13.6. The molecule has 1 aromatic heterocycles. The van der Waals surface area contributed by atoms with Crippen LogP contribution in [0.15, 0.2) is 54.6 Å². The molecule has 3 aromatic rings. The predicted octanol–water partition coefficient (Wildman–Crippen LogP) is 3.90. The summed E-state index contributed by atoms with van der Waals surface area (Å²) >= 11 is 0. The third kappa shape index (κ3) is 3.02. The summed E-state index contributed by atoms with van der Waals surface area (Å²) in [6.45, 7) is 0. The molecule has 2 bridgehead atoms. The number of fused-ring (bicyclic) bond motifs is 2. The molecule has 138 valence electrons. The van der Waals surface area contributed by atoms with Crippen molar-refractivity contribution in [2.75, 3.05) is 7.11 Å². The van der Waals surface area contributed by atoms with Gasteiger partial charge in [-0.1, -0.05) is 36.4 Å². The van der Waals surface area contributed by atoms with Gasteiger partial charge in [0.25, 0.3) is 0 Å². The highest BCUT2D eigenvalue weighted by atomic mass is 16.5. The summed E-state index contributed by atoms with van der Waals surface area (Å²) in [5, 5.41) is 4.87. The van der Waals surface area contributed by atoms with Crippen LogP contribution >= 0.6 is 0 Å². The van der Waals surface area contributed by atoms with Crippen molar-refractivity contribution in [3.63, 3.8) is 0 Å². The van der Waals surface area contributed by atoms with E-state index < -0.39 is 0 Å². The number of hydrogen-bond acceptors (Lipinski definition) is 4. The number of rotatable bonds is 5. The van der Waals surface area contributed by atoms with Gasteiger partial charge in [0.05, 0.1) is 25.0 Å². The SMILES string of the molecule is COc1ccccc1Cc1nc([C@H]2C[C@@H]3CC[C@H]2O3)n(-c2ccccc2)n1. The quantitative estimate of drug-likeness (QED) is 0.691. The van der Waals surface area contributed by atoms with Crippen LogP contribution in [0.1, 0.15) is 42.4 Å². The minimum absolute atomic E-state index is 0.278. The molecule has 2 aromatic carbocycles. The second-order valence-corrected chi connectivity index (χ2v) is 7.34. The molecule has 5 heteroatoms. The molecule has 3 heterocycles. The number of methoxy groups -OCH3 is 1. The fourth-order valence-electron chi connectivity index (χ4n) is 4.37. The number of nitrogens with zero attached hydrogens (tertiary/aromatic N) is 3. The fraction of sp³-hybridized carbons (Fsp3) is 0.364. The summed E-state index contributed by atoms with van der Waals surface area (Å²) in [7, 11) is 1.70. The normalized spacial score (nSPS) is 23.7. The van der Waals surface area contributed by atoms with Gasteiger partial charge in [-0.05, 0) is 37.5 Å². The van der Waals surface area contributed by atoms with E-state index in [1.54, 1.807) is 7.11 Å². The molecule has 2 aliphatic rings. The monoisotopic (exact) mass is 361 g/mol. The van der Waals surface area contributed by atoms with E-state index in [0.29, 0.717) is 18.4 Å². The van der Waals surface area contributed by atoms with Crippen LogP contribution < -0.4 is 4.74 Å². The Bertz CT molecular complexity index is 938. The number of hydrogen-bond donors (Lipinski definition) is 0. The van der Waals surface area contributed by atoms with Crippen LogP contribution in [0.25, 0.3) is 5.69 Å². The smallest absolute Gasteiger partial charge is 0.155 e. The van der Waals surface area contributed by atoms with Crippen molar-refractivity contribution in [3.05, 3.63) is 71.8 Å². The Kier molecular flexibility index (Phi) is 4.17. The maximum atomic E-state index is 6.09. The number of para-hydroxylation sites is 2. The van der Waals surface area contributed by atoms with Crippen molar-refractivity contribution in [1.82, 2.24) is 14.8 Å². The lowest BCUT2D eigenvalue weighted by Gasteiger charge is -2.18. The third-order valence-corrected chi connectivity index (χ3v) is 5.66. The van der Waals surface area contributed by atoms with E-state index in [-0.39, 0.29) is 6.10 Å². The highest BCUT2D eigenvalue weighted by Gasteiger charge is 2.44. The van der Waals surface area contributed by atoms with Gasteiger partial charge in [0, 0.05) is 17.9 Å². The van der Waals surface area contributed by atoms with Gasteiger partial charge in [-0.25, -0.2) is 9.67 Å². The molecule has 2 saturated heterocycles. The first-order valence-electron chi connectivity index (χ1n) is 9.60. The van der Waals surface area contributed by atoms with Crippen LogP contribution in [0.4, 0.5) is 0 Å². The van der Waals surface area contributed by atoms with Gasteiger partial charge in [0.15, 0.2) is 5.82 Å². The molecule has 27 heavy (non-hydrogen) atoms. The first kappa shape index (κ1) is 16.5. The lowest BCUT2D eigenvalue weighted by Crippen LogP contribution is -2.19. The summed E-state index contributed by atoms with van der Waals surface area (Å²) in [6, 6.07) is 18.3. The van der Waals surface area contributed by atoms with Gasteiger partial charge in [0.2, 0.25) is 0 Å². The van der Waals surface area contributed by atoms with Gasteiger partial charge in [-0.2, -0.15) is 5.10 Å². The summed E-state index contributed by atoms with van der Waals surface area (Å²) in [5.41, 5.74) is 2.15. The summed E-state index contributed by atoms with van der Waals surface area (Å²) in [4.78, 5) is 4.97. The molecule has 0 unspecified atom stereocenters. The standard InChI is InChI=1S/C22H23N3O2/c1-26-19-10-6-5-7-15(19)13-21-23-22(18-14-17-11-12-20(18)27-17)25(24-21)16-8-3-2-4-9-16/h2-10,17-18,20H,11-14H2,1H3/t17-,18-,20+/m0/s1. The number of benzene rings is 2. The van der Waals surface area contributed by atoms with E-state index in [1.165, 1.54) is 6.42 Å². The fourth-order valence-corrected chi connectivity index (χ4v) is 4.37. The first-order chi connectivity index (χ1) is 13.3. The van der Waals surface area contributed by atoms with Gasteiger partial charge < -0.3 is 9.47 Å². The number of aromatic nitrogens is 3. The van der Waals surface area contributed by atoms with Crippen molar-refractivity contribution in [1.29, 1.82) is 0 Å². The predicted molar refractivity (Wildman–Crippen MR) is 102 cm³/mol. The van der Waals surface area contributed by atoms with Crippen LogP contribution in [0.2, 0.25) is 0 Å². The molecule has 0 saturated carbocycles. The lowest BCUT2D eigenvalue weighted by atomic mass is 9.88. The molecule has 0 amide bonds. The first-order valence-corrected chi connectivity index (χ1v) is 9.60. The molecule has 5 nitrogen and oxygen atoms in total. The van der Waals surface area contributed by atoms with Crippen LogP contribution in [0.3, 0.4) is 0 Å². The van der Waals surface area contributed by atoms with Gasteiger partial charge >= 0.3 is 0 Å². The van der Waals surface area contributed by atoms with E-state index in [0.717, 1.165) is 41.5 Å². The molecule has 0 radical (unpaired) electrons. The van der Waals surface area contributed by atoms with Crippen molar-refractivity contribution >= 4 is 0 Å². The minimum Gasteiger partial charge on any atom is -0.496 e. The van der Waals surface area contributed by atoms with Gasteiger partial charge in [-0.15, -0.1) is 0 Å². The third-order valence-electron chi connectivity index (χ3n) is 5.66. The Balaban J connectivity index is 1.53. The molecule has 0 aliphatic carbocycles. The zero-order valence-electron chi connectivity index (χ0n) is 15.4. The molecule has 2 fully saturated rings. The van der Waals surface area contributed by atoms with Crippen molar-refractivity contribution in [3.8, 4) is 11.4 Å². The zero-order valence-corrected chi connectivity index (χ0v) is 15.4. The topological polar surface area (TPSA) is 49.2 Å². The largest absolute Gasteiger partial charge is 0.496 e. The Morgan fingerprint density at radius 3 is 2.63 bits per heavy atom. The number of ether oxygens (including phenoxy) is 2. The van der Waals surface area contributed by atoms with Gasteiger partial charge in [-0.3, -0.25) is 0 Å². The van der Waals surface area contributed by atoms with Crippen molar-refractivity contribution in [2.24, 2.45) is 0 Å². The molecule has 3 atom stereocenters. The second-order valence-electron chi connectivity index (χ2n) is 7.34. The summed E-state index contributed by atoms with van der Waals surface area (Å²) in [5.74, 6) is 3.04. The Morgan fingerprint density at radius 1 is 1.07 bits per heavy atom. The highest BCUT2D eigenvalue weighted by Crippen LogP contribution is 2.44. The van der Waals surface area contributed by atoms with Crippen LogP contribution in [0, 0.1) is 0 Å². The maximum absolute atomic E-state index is 6.09. The molecular formula is C22H23N3O2. The van der Waals surface area contributed by atoms with E-state index in [2.05, 4.69) is 18.2 Å². The Morgan fingerprint density at radius 2 is 1.89 bits per heavy atom. The molecule has 0 spiro atoms. The molecule has 2 aliphatic heterocycles.